The van der Waals surface area contributed by atoms with E-state index in [1.807, 2.05) is 24.3 Å². The number of nitrogens with two attached hydrogens (primary N) is 1. The highest BCUT2D eigenvalue weighted by Crippen LogP contribution is 2.11. The molecule has 0 unspecified atom stereocenters. The number of aromatic hydroxyl groups is 1. The lowest BCUT2D eigenvalue weighted by Gasteiger charge is -2.09. The van der Waals surface area contributed by atoms with Gasteiger partial charge in [0.1, 0.15) is 5.75 Å². The van der Waals surface area contributed by atoms with Crippen LogP contribution in [0.15, 0.2) is 42.7 Å². The highest BCUT2D eigenvalue weighted by Gasteiger charge is 1.97. The van der Waals surface area contributed by atoms with E-state index in [0.717, 1.165) is 11.3 Å². The minimum absolute atomic E-state index is 0.239. The zero-order valence-corrected chi connectivity index (χ0v) is 8.22. The summed E-state index contributed by atoms with van der Waals surface area (Å²) >= 11 is 0. The fourth-order valence-corrected chi connectivity index (χ4v) is 1.36. The van der Waals surface area contributed by atoms with Crippen molar-refractivity contribution in [2.75, 3.05) is 11.2 Å². The number of nitrogens with zero attached hydrogens (tertiary/aromatic N) is 1. The van der Waals surface area contributed by atoms with Gasteiger partial charge < -0.3 is 16.3 Å². The number of rotatable bonds is 3. The monoisotopic (exact) mass is 203 g/mol. The Morgan fingerprint density at radius 3 is 2.73 bits per heavy atom. The maximum absolute atomic E-state index is 9.12. The van der Waals surface area contributed by atoms with Gasteiger partial charge in [0.25, 0.3) is 0 Å². The van der Waals surface area contributed by atoms with E-state index < -0.39 is 0 Å². The van der Waals surface area contributed by atoms with Crippen LogP contribution in [0.25, 0.3) is 0 Å². The highest BCUT2D eigenvalue weighted by molar-refractivity contribution is 5.46. The van der Waals surface area contributed by atoms with E-state index in [1.165, 1.54) is 0 Å². The largest absolute Gasteiger partial charge is 0.506 e. The van der Waals surface area contributed by atoms with Crippen LogP contribution in [0.3, 0.4) is 0 Å². The first-order valence-electron chi connectivity index (χ1n) is 4.70. The predicted octanol–water partition coefficient (Wildman–Crippen LogP) is 1.52. The molecule has 1 aromatic heterocycles. The second-order valence-corrected chi connectivity index (χ2v) is 3.31. The Morgan fingerprint density at radius 1 is 1.27 bits per heavy atom. The van der Waals surface area contributed by atoms with Crippen molar-refractivity contribution >= 4 is 5.69 Å². The average molecular weight is 203 g/mol. The van der Waals surface area contributed by atoms with Gasteiger partial charge in [0, 0.05) is 11.9 Å². The highest BCUT2D eigenvalue weighted by atomic mass is 16.3. The molecule has 1 aromatic carbocycles. The molecule has 15 heavy (non-hydrogen) atoms. The molecule has 0 aliphatic rings. The summed E-state index contributed by atoms with van der Waals surface area (Å²) < 4.78 is 1.70. The first-order valence-corrected chi connectivity index (χ1v) is 4.70. The molecule has 0 bridgehead atoms. The Kier molecular flexibility index (Phi) is 2.49. The van der Waals surface area contributed by atoms with Gasteiger partial charge in [-0.2, -0.15) is 0 Å². The molecular weight excluding hydrogens is 190 g/mol. The van der Waals surface area contributed by atoms with Crippen molar-refractivity contribution in [3.8, 4) is 5.75 Å². The summed E-state index contributed by atoms with van der Waals surface area (Å²) in [6, 6.07) is 9.29. The molecule has 0 spiro atoms. The summed E-state index contributed by atoms with van der Waals surface area (Å²) in [7, 11) is 0. The van der Waals surface area contributed by atoms with Crippen molar-refractivity contribution in [1.82, 2.24) is 4.68 Å². The molecule has 0 fully saturated rings. The van der Waals surface area contributed by atoms with E-state index in [9.17, 15) is 0 Å². The van der Waals surface area contributed by atoms with Crippen LogP contribution in [0.1, 0.15) is 5.56 Å². The van der Waals surface area contributed by atoms with Gasteiger partial charge in [-0.25, -0.2) is 0 Å². The van der Waals surface area contributed by atoms with Crippen LogP contribution >= 0.6 is 0 Å². The van der Waals surface area contributed by atoms with Gasteiger partial charge in [-0.05, 0) is 17.7 Å². The summed E-state index contributed by atoms with van der Waals surface area (Å²) in [6.45, 7) is 0.626. The molecule has 0 aliphatic carbocycles. The minimum Gasteiger partial charge on any atom is -0.506 e. The van der Waals surface area contributed by atoms with E-state index >= 15 is 0 Å². The third-order valence-corrected chi connectivity index (χ3v) is 2.18. The van der Waals surface area contributed by atoms with E-state index in [0.29, 0.717) is 6.54 Å². The molecule has 0 atom stereocenters. The summed E-state index contributed by atoms with van der Waals surface area (Å²) in [6.07, 6.45) is 3.34. The Hall–Kier alpha value is -2.10. The number of benzene rings is 1. The third kappa shape index (κ3) is 2.22. The molecule has 0 saturated carbocycles. The van der Waals surface area contributed by atoms with Gasteiger partial charge in [0.2, 0.25) is 0 Å². The zero-order chi connectivity index (χ0) is 10.7. The Balaban J connectivity index is 2.02. The molecule has 2 aromatic rings. The van der Waals surface area contributed by atoms with Crippen molar-refractivity contribution in [2.45, 2.75) is 6.54 Å². The maximum atomic E-state index is 9.12. The Bertz CT molecular complexity index is 451. The van der Waals surface area contributed by atoms with Crippen molar-refractivity contribution in [1.29, 1.82) is 0 Å². The molecule has 1 heterocycles. The van der Waals surface area contributed by atoms with E-state index in [4.69, 9.17) is 10.8 Å². The molecule has 4 heteroatoms. The number of hydrogen-bond acceptors (Lipinski definition) is 3. The molecule has 78 valence electrons. The van der Waals surface area contributed by atoms with Gasteiger partial charge in [0.15, 0.2) is 0 Å². The number of hydrogen-bond donors (Lipinski definition) is 3. The molecular formula is C11H13N3O. The first kappa shape index (κ1) is 9.45. The minimum atomic E-state index is 0.239. The standard InChI is InChI=1S/C11H13N3O/c12-11-4-2-1-3-9(11)7-13-14-6-5-10(15)8-14/h1-6,8,13,15H,7,12H2. The summed E-state index contributed by atoms with van der Waals surface area (Å²) in [5.41, 5.74) is 10.7. The lowest BCUT2D eigenvalue weighted by Crippen LogP contribution is -2.12. The average Bonchev–Trinajstić information content (AvgIpc) is 2.63. The van der Waals surface area contributed by atoms with Gasteiger partial charge in [0.05, 0.1) is 12.7 Å². The second-order valence-electron chi connectivity index (χ2n) is 3.31. The van der Waals surface area contributed by atoms with Crippen molar-refractivity contribution in [2.24, 2.45) is 0 Å². The number of para-hydroxylation sites is 1. The summed E-state index contributed by atoms with van der Waals surface area (Å²) in [5, 5.41) is 9.12. The number of nitrogens with one attached hydrogen (secondary N) is 1. The summed E-state index contributed by atoms with van der Waals surface area (Å²) in [5.74, 6) is 0.239. The van der Waals surface area contributed by atoms with Crippen molar-refractivity contribution in [3.05, 3.63) is 48.3 Å². The van der Waals surface area contributed by atoms with Crippen LogP contribution in [0.4, 0.5) is 5.69 Å². The Labute approximate surface area is 87.9 Å². The first-order chi connectivity index (χ1) is 7.25. The van der Waals surface area contributed by atoms with E-state index in [1.54, 1.807) is 23.1 Å². The van der Waals surface area contributed by atoms with Crippen LogP contribution in [0, 0.1) is 0 Å². The van der Waals surface area contributed by atoms with Crippen molar-refractivity contribution < 1.29 is 5.11 Å². The molecule has 0 amide bonds. The van der Waals surface area contributed by atoms with Crippen LogP contribution in [0.5, 0.6) is 5.75 Å². The van der Waals surface area contributed by atoms with Crippen LogP contribution in [-0.2, 0) is 6.54 Å². The molecule has 4 N–H and O–H groups in total. The van der Waals surface area contributed by atoms with Gasteiger partial charge in [-0.15, -0.1) is 0 Å². The van der Waals surface area contributed by atoms with E-state index in [-0.39, 0.29) is 5.75 Å². The third-order valence-electron chi connectivity index (χ3n) is 2.18. The van der Waals surface area contributed by atoms with Gasteiger partial charge >= 0.3 is 0 Å². The topological polar surface area (TPSA) is 63.2 Å². The van der Waals surface area contributed by atoms with Crippen molar-refractivity contribution in [3.63, 3.8) is 0 Å². The molecule has 2 rings (SSSR count). The zero-order valence-electron chi connectivity index (χ0n) is 8.22. The van der Waals surface area contributed by atoms with Crippen LogP contribution < -0.4 is 11.2 Å². The number of aromatic nitrogens is 1. The Morgan fingerprint density at radius 2 is 2.07 bits per heavy atom. The normalized spacial score (nSPS) is 10.1. The van der Waals surface area contributed by atoms with Gasteiger partial charge in [-0.1, -0.05) is 18.2 Å². The molecule has 4 nitrogen and oxygen atoms in total. The molecule has 0 aliphatic heterocycles. The summed E-state index contributed by atoms with van der Waals surface area (Å²) in [4.78, 5) is 0. The quantitative estimate of drug-likeness (QED) is 0.663. The fraction of sp³-hybridized carbons (Fsp3) is 0.0909. The van der Waals surface area contributed by atoms with Gasteiger partial charge in [-0.3, -0.25) is 4.68 Å². The van der Waals surface area contributed by atoms with Crippen LogP contribution in [-0.4, -0.2) is 9.78 Å². The number of nitrogen functional groups attached to an aromatic ring is 1. The maximum Gasteiger partial charge on any atom is 0.135 e. The predicted molar refractivity (Wildman–Crippen MR) is 60.0 cm³/mol. The second kappa shape index (κ2) is 3.96. The lowest BCUT2D eigenvalue weighted by atomic mass is 10.2. The molecule has 0 radical (unpaired) electrons. The SMILES string of the molecule is Nc1ccccc1CNn1ccc(O)c1. The lowest BCUT2D eigenvalue weighted by molar-refractivity contribution is 0.474. The van der Waals surface area contributed by atoms with E-state index in [2.05, 4.69) is 5.43 Å². The fourth-order valence-electron chi connectivity index (χ4n) is 1.36. The number of anilines is 1. The molecule has 0 saturated heterocycles. The van der Waals surface area contributed by atoms with Crippen LogP contribution in [0.2, 0.25) is 0 Å². The smallest absolute Gasteiger partial charge is 0.135 e.